The zero-order chi connectivity index (χ0) is 10.8. The summed E-state index contributed by atoms with van der Waals surface area (Å²) in [6, 6.07) is 1.86. The molecule has 0 saturated heterocycles. The van der Waals surface area contributed by atoms with Crippen molar-refractivity contribution in [3.63, 3.8) is 0 Å². The van der Waals surface area contributed by atoms with Crippen molar-refractivity contribution in [2.24, 2.45) is 10.9 Å². The van der Waals surface area contributed by atoms with Crippen LogP contribution in [-0.4, -0.2) is 43.0 Å². The van der Waals surface area contributed by atoms with E-state index >= 15 is 0 Å². The van der Waals surface area contributed by atoms with Crippen LogP contribution in [0.1, 0.15) is 33.1 Å². The minimum absolute atomic E-state index is 0.569. The predicted molar refractivity (Wildman–Crippen MR) is 64.3 cm³/mol. The number of fused-ring (bicyclic) bond motifs is 1. The zero-order valence-electron chi connectivity index (χ0n) is 10.1. The highest BCUT2D eigenvalue weighted by Crippen LogP contribution is 2.32. The monoisotopic (exact) mass is 209 g/mol. The van der Waals surface area contributed by atoms with Crippen LogP contribution in [-0.2, 0) is 0 Å². The third-order valence-electron chi connectivity index (χ3n) is 3.75. The Hall–Kier alpha value is -0.570. The van der Waals surface area contributed by atoms with E-state index in [2.05, 4.69) is 35.4 Å². The second-order valence-electron chi connectivity index (χ2n) is 5.18. The standard InChI is InChI=1S/C12H23N3/c1-9(2)15-8-14-11-6-10(7-13-3)4-5-12(11)15/h8-13H,4-7H2,1-3H3. The fourth-order valence-corrected chi connectivity index (χ4v) is 2.96. The molecule has 1 heterocycles. The Bertz CT molecular complexity index is 237. The molecule has 3 nitrogen and oxygen atoms in total. The van der Waals surface area contributed by atoms with Gasteiger partial charge in [0.25, 0.3) is 0 Å². The summed E-state index contributed by atoms with van der Waals surface area (Å²) >= 11 is 0. The van der Waals surface area contributed by atoms with Gasteiger partial charge in [-0.2, -0.15) is 0 Å². The molecule has 3 atom stereocenters. The van der Waals surface area contributed by atoms with Gasteiger partial charge in [-0.25, -0.2) is 0 Å². The predicted octanol–water partition coefficient (Wildman–Crippen LogP) is 1.50. The van der Waals surface area contributed by atoms with Crippen LogP contribution in [0.15, 0.2) is 4.99 Å². The Morgan fingerprint density at radius 2 is 2.27 bits per heavy atom. The smallest absolute Gasteiger partial charge is 0.0859 e. The summed E-state index contributed by atoms with van der Waals surface area (Å²) < 4.78 is 0. The lowest BCUT2D eigenvalue weighted by Gasteiger charge is -2.37. The molecule has 0 bridgehead atoms. The molecule has 0 amide bonds. The summed E-state index contributed by atoms with van der Waals surface area (Å²) in [6.07, 6.45) is 6.02. The molecule has 1 aliphatic heterocycles. The summed E-state index contributed by atoms with van der Waals surface area (Å²) in [4.78, 5) is 7.11. The number of hydrogen-bond acceptors (Lipinski definition) is 3. The molecule has 3 heteroatoms. The van der Waals surface area contributed by atoms with Crippen molar-refractivity contribution in [2.75, 3.05) is 13.6 Å². The minimum atomic E-state index is 0.569. The average Bonchev–Trinajstić information content (AvgIpc) is 2.61. The highest BCUT2D eigenvalue weighted by molar-refractivity contribution is 5.59. The molecule has 1 aliphatic carbocycles. The molecule has 15 heavy (non-hydrogen) atoms. The molecule has 1 saturated carbocycles. The first kappa shape index (κ1) is 10.9. The van der Waals surface area contributed by atoms with Gasteiger partial charge in [0.05, 0.1) is 18.4 Å². The lowest BCUT2D eigenvalue weighted by molar-refractivity contribution is 0.182. The van der Waals surface area contributed by atoms with Crippen LogP contribution in [0, 0.1) is 5.92 Å². The minimum Gasteiger partial charge on any atom is -0.355 e. The summed E-state index contributed by atoms with van der Waals surface area (Å²) in [6.45, 7) is 5.67. The van der Waals surface area contributed by atoms with Crippen molar-refractivity contribution in [3.8, 4) is 0 Å². The maximum atomic E-state index is 4.67. The molecule has 0 aromatic rings. The Balaban J connectivity index is 1.93. The van der Waals surface area contributed by atoms with Gasteiger partial charge in [-0.15, -0.1) is 0 Å². The highest BCUT2D eigenvalue weighted by Gasteiger charge is 2.36. The second-order valence-corrected chi connectivity index (χ2v) is 5.18. The first-order valence-electron chi connectivity index (χ1n) is 6.17. The fourth-order valence-electron chi connectivity index (χ4n) is 2.96. The molecule has 0 aromatic carbocycles. The van der Waals surface area contributed by atoms with Crippen LogP contribution in [0.4, 0.5) is 0 Å². The molecule has 0 spiro atoms. The van der Waals surface area contributed by atoms with Crippen LogP contribution < -0.4 is 5.32 Å². The maximum absolute atomic E-state index is 4.67. The van der Waals surface area contributed by atoms with Crippen LogP contribution in [0.5, 0.6) is 0 Å². The van der Waals surface area contributed by atoms with E-state index in [9.17, 15) is 0 Å². The van der Waals surface area contributed by atoms with Crippen molar-refractivity contribution in [1.29, 1.82) is 0 Å². The number of nitrogens with one attached hydrogen (secondary N) is 1. The normalized spacial score (nSPS) is 34.9. The quantitative estimate of drug-likeness (QED) is 0.762. The summed E-state index contributed by atoms with van der Waals surface area (Å²) in [5.74, 6) is 0.834. The van der Waals surface area contributed by atoms with E-state index in [0.29, 0.717) is 18.1 Å². The van der Waals surface area contributed by atoms with Crippen molar-refractivity contribution in [3.05, 3.63) is 0 Å². The number of aliphatic imine (C=N–C) groups is 1. The van der Waals surface area contributed by atoms with Gasteiger partial charge < -0.3 is 10.2 Å². The van der Waals surface area contributed by atoms with Gasteiger partial charge in [0.15, 0.2) is 0 Å². The van der Waals surface area contributed by atoms with E-state index in [1.807, 2.05) is 7.05 Å². The van der Waals surface area contributed by atoms with Gasteiger partial charge in [0, 0.05) is 6.04 Å². The van der Waals surface area contributed by atoms with Crippen molar-refractivity contribution in [1.82, 2.24) is 10.2 Å². The fraction of sp³-hybridized carbons (Fsp3) is 0.917. The second kappa shape index (κ2) is 4.52. The number of rotatable bonds is 3. The highest BCUT2D eigenvalue weighted by atomic mass is 15.3. The number of hydrogen-bond donors (Lipinski definition) is 1. The Labute approximate surface area is 92.9 Å². The Morgan fingerprint density at radius 3 is 2.93 bits per heavy atom. The van der Waals surface area contributed by atoms with E-state index in [4.69, 9.17) is 0 Å². The molecule has 1 N–H and O–H groups in total. The van der Waals surface area contributed by atoms with Gasteiger partial charge in [-0.3, -0.25) is 4.99 Å². The molecular formula is C12H23N3. The molecule has 0 aromatic heterocycles. The molecular weight excluding hydrogens is 186 g/mol. The summed E-state index contributed by atoms with van der Waals surface area (Å²) in [7, 11) is 2.05. The zero-order valence-corrected chi connectivity index (χ0v) is 10.1. The van der Waals surface area contributed by atoms with Crippen LogP contribution in [0.3, 0.4) is 0 Å². The molecule has 1 fully saturated rings. The lowest BCUT2D eigenvalue weighted by atomic mass is 9.82. The van der Waals surface area contributed by atoms with Gasteiger partial charge in [-0.05, 0) is 52.6 Å². The molecule has 2 rings (SSSR count). The molecule has 86 valence electrons. The van der Waals surface area contributed by atoms with Gasteiger partial charge in [-0.1, -0.05) is 0 Å². The maximum Gasteiger partial charge on any atom is 0.0859 e. The van der Waals surface area contributed by atoms with Crippen molar-refractivity contribution < 1.29 is 0 Å². The first-order valence-corrected chi connectivity index (χ1v) is 6.17. The topological polar surface area (TPSA) is 27.6 Å². The van der Waals surface area contributed by atoms with Gasteiger partial charge in [0.2, 0.25) is 0 Å². The third kappa shape index (κ3) is 2.17. The van der Waals surface area contributed by atoms with E-state index in [1.54, 1.807) is 0 Å². The largest absolute Gasteiger partial charge is 0.355 e. The first-order chi connectivity index (χ1) is 7.22. The number of nitrogens with zero attached hydrogens (tertiary/aromatic N) is 2. The molecule has 3 unspecified atom stereocenters. The van der Waals surface area contributed by atoms with Crippen LogP contribution in [0.2, 0.25) is 0 Å². The SMILES string of the molecule is CNCC1CCC2C(C1)N=CN2C(C)C. The van der Waals surface area contributed by atoms with Crippen LogP contribution >= 0.6 is 0 Å². The summed E-state index contributed by atoms with van der Waals surface area (Å²) in [5.41, 5.74) is 0. The van der Waals surface area contributed by atoms with E-state index in [0.717, 1.165) is 12.5 Å². The summed E-state index contributed by atoms with van der Waals surface area (Å²) in [5, 5.41) is 3.29. The van der Waals surface area contributed by atoms with E-state index in [1.165, 1.54) is 19.3 Å². The molecule has 0 radical (unpaired) electrons. The average molecular weight is 209 g/mol. The Morgan fingerprint density at radius 1 is 1.47 bits per heavy atom. The molecule has 2 aliphatic rings. The van der Waals surface area contributed by atoms with Crippen LogP contribution in [0.25, 0.3) is 0 Å². The lowest BCUT2D eigenvalue weighted by Crippen LogP contribution is -2.44. The Kier molecular flexibility index (Phi) is 3.29. The van der Waals surface area contributed by atoms with Gasteiger partial charge >= 0.3 is 0 Å². The van der Waals surface area contributed by atoms with Gasteiger partial charge in [0.1, 0.15) is 0 Å². The van der Waals surface area contributed by atoms with E-state index < -0.39 is 0 Å². The van der Waals surface area contributed by atoms with Crippen molar-refractivity contribution in [2.45, 2.75) is 51.2 Å². The third-order valence-corrected chi connectivity index (χ3v) is 3.75. The van der Waals surface area contributed by atoms with E-state index in [-0.39, 0.29) is 0 Å². The van der Waals surface area contributed by atoms with Crippen molar-refractivity contribution >= 4 is 6.34 Å².